The van der Waals surface area contributed by atoms with Gasteiger partial charge >= 0.3 is 0 Å². The first-order chi connectivity index (χ1) is 13.2. The van der Waals surface area contributed by atoms with Crippen LogP contribution in [0.25, 0.3) is 33.8 Å². The highest BCUT2D eigenvalue weighted by molar-refractivity contribution is 5.81. The average Bonchev–Trinajstić information content (AvgIpc) is 3.31. The smallest absolute Gasteiger partial charge is 0.231 e. The Morgan fingerprint density at radius 3 is 2.89 bits per heavy atom. The van der Waals surface area contributed by atoms with Crippen molar-refractivity contribution in [3.8, 4) is 34.3 Å². The quantitative estimate of drug-likeness (QED) is 0.599. The van der Waals surface area contributed by atoms with E-state index in [4.69, 9.17) is 20.2 Å². The minimum Gasteiger partial charge on any atom is -0.454 e. The first kappa shape index (κ1) is 15.6. The lowest BCUT2D eigenvalue weighted by Crippen LogP contribution is -2.04. The van der Waals surface area contributed by atoms with E-state index in [1.165, 1.54) is 0 Å². The van der Waals surface area contributed by atoms with Gasteiger partial charge in [-0.3, -0.25) is 4.98 Å². The number of benzene rings is 1. The van der Waals surface area contributed by atoms with Crippen LogP contribution in [-0.4, -0.2) is 31.3 Å². The molecule has 2 N–H and O–H groups in total. The number of nitrogens with two attached hydrogens (primary N) is 1. The number of nitrogens with zero attached hydrogens (tertiary/aromatic N) is 5. The third-order valence-electron chi connectivity index (χ3n) is 4.55. The lowest BCUT2D eigenvalue weighted by atomic mass is 10.1. The van der Waals surface area contributed by atoms with Gasteiger partial charge in [-0.05, 0) is 31.2 Å². The summed E-state index contributed by atoms with van der Waals surface area (Å²) in [7, 11) is 0. The van der Waals surface area contributed by atoms with E-state index in [9.17, 15) is 0 Å². The Kier molecular flexibility index (Phi) is 3.43. The monoisotopic (exact) mass is 360 g/mol. The Morgan fingerprint density at radius 2 is 2.00 bits per heavy atom. The summed E-state index contributed by atoms with van der Waals surface area (Å²) >= 11 is 0. The Morgan fingerprint density at radius 1 is 1.11 bits per heavy atom. The molecule has 0 fully saturated rings. The number of fused-ring (bicyclic) bond motifs is 2. The summed E-state index contributed by atoms with van der Waals surface area (Å²) in [6.45, 7) is 3.01. The van der Waals surface area contributed by atoms with Crippen LogP contribution in [0.5, 0.6) is 11.5 Å². The molecule has 134 valence electrons. The third kappa shape index (κ3) is 2.45. The number of anilines is 1. The summed E-state index contributed by atoms with van der Waals surface area (Å²) in [6.07, 6.45) is 5.13. The summed E-state index contributed by atoms with van der Waals surface area (Å²) < 4.78 is 12.9. The maximum Gasteiger partial charge on any atom is 0.231 e. The zero-order chi connectivity index (χ0) is 18.4. The van der Waals surface area contributed by atoms with Crippen LogP contribution in [0.3, 0.4) is 0 Å². The highest BCUT2D eigenvalue weighted by Gasteiger charge is 2.19. The van der Waals surface area contributed by atoms with E-state index in [0.29, 0.717) is 28.8 Å². The SMILES string of the molecule is CCn1c(-c2nc(-c3ccc4c(c3)OCO4)cnc2N)nc2cnccc21. The van der Waals surface area contributed by atoms with E-state index in [0.717, 1.165) is 28.9 Å². The van der Waals surface area contributed by atoms with Crippen LogP contribution in [0.4, 0.5) is 5.82 Å². The Hall–Kier alpha value is -3.68. The third-order valence-corrected chi connectivity index (χ3v) is 4.55. The summed E-state index contributed by atoms with van der Waals surface area (Å²) in [5.41, 5.74) is 10.0. The zero-order valence-corrected chi connectivity index (χ0v) is 14.6. The maximum atomic E-state index is 6.15. The second-order valence-corrected chi connectivity index (χ2v) is 6.10. The van der Waals surface area contributed by atoms with Gasteiger partial charge in [-0.2, -0.15) is 0 Å². The van der Waals surface area contributed by atoms with Gasteiger partial charge in [0.15, 0.2) is 23.1 Å². The molecule has 0 radical (unpaired) electrons. The number of aromatic nitrogens is 5. The van der Waals surface area contributed by atoms with Gasteiger partial charge < -0.3 is 19.8 Å². The fourth-order valence-corrected chi connectivity index (χ4v) is 3.24. The second kappa shape index (κ2) is 5.94. The summed E-state index contributed by atoms with van der Waals surface area (Å²) in [6, 6.07) is 7.60. The number of hydrogen-bond acceptors (Lipinski definition) is 7. The summed E-state index contributed by atoms with van der Waals surface area (Å²) in [4.78, 5) is 17.9. The lowest BCUT2D eigenvalue weighted by Gasteiger charge is -2.09. The van der Waals surface area contributed by atoms with Crippen LogP contribution in [0.15, 0.2) is 42.9 Å². The molecule has 0 atom stereocenters. The molecule has 4 heterocycles. The van der Waals surface area contributed by atoms with E-state index in [1.54, 1.807) is 18.6 Å². The summed E-state index contributed by atoms with van der Waals surface area (Å²) in [5.74, 6) is 2.42. The first-order valence-electron chi connectivity index (χ1n) is 8.57. The molecular weight excluding hydrogens is 344 g/mol. The minimum atomic E-state index is 0.228. The minimum absolute atomic E-state index is 0.228. The van der Waals surface area contributed by atoms with Gasteiger partial charge in [-0.15, -0.1) is 0 Å². The number of pyridine rings is 1. The number of imidazole rings is 1. The lowest BCUT2D eigenvalue weighted by molar-refractivity contribution is 0.174. The Labute approximate surface area is 154 Å². The van der Waals surface area contributed by atoms with Crippen LogP contribution in [0.1, 0.15) is 6.92 Å². The van der Waals surface area contributed by atoms with E-state index in [2.05, 4.69) is 26.4 Å². The average molecular weight is 360 g/mol. The molecule has 1 aromatic carbocycles. The van der Waals surface area contributed by atoms with Crippen molar-refractivity contribution < 1.29 is 9.47 Å². The van der Waals surface area contributed by atoms with Gasteiger partial charge in [0, 0.05) is 18.3 Å². The van der Waals surface area contributed by atoms with Gasteiger partial charge in [0.25, 0.3) is 0 Å². The fraction of sp³-hybridized carbons (Fsp3) is 0.158. The van der Waals surface area contributed by atoms with E-state index in [-0.39, 0.29) is 6.79 Å². The normalized spacial score (nSPS) is 12.6. The first-order valence-corrected chi connectivity index (χ1v) is 8.57. The van der Waals surface area contributed by atoms with Gasteiger partial charge in [-0.1, -0.05) is 0 Å². The van der Waals surface area contributed by atoms with Crippen molar-refractivity contribution in [3.63, 3.8) is 0 Å². The van der Waals surface area contributed by atoms with Crippen molar-refractivity contribution >= 4 is 16.9 Å². The van der Waals surface area contributed by atoms with Crippen LogP contribution in [-0.2, 0) is 6.54 Å². The molecule has 27 heavy (non-hydrogen) atoms. The molecular formula is C19H16N6O2. The number of nitrogen functional groups attached to an aromatic ring is 1. The molecule has 0 spiro atoms. The molecule has 3 aromatic heterocycles. The number of rotatable bonds is 3. The molecule has 1 aliphatic heterocycles. The molecule has 0 saturated heterocycles. The summed E-state index contributed by atoms with van der Waals surface area (Å²) in [5, 5.41) is 0. The van der Waals surface area contributed by atoms with Crippen molar-refractivity contribution in [1.82, 2.24) is 24.5 Å². The molecule has 0 unspecified atom stereocenters. The molecule has 8 nitrogen and oxygen atoms in total. The molecule has 0 saturated carbocycles. The van der Waals surface area contributed by atoms with Crippen molar-refractivity contribution in [1.29, 1.82) is 0 Å². The molecule has 8 heteroatoms. The molecule has 4 aromatic rings. The highest BCUT2D eigenvalue weighted by Crippen LogP contribution is 2.36. The van der Waals surface area contributed by atoms with Crippen LogP contribution in [0.2, 0.25) is 0 Å². The zero-order valence-electron chi connectivity index (χ0n) is 14.6. The highest BCUT2D eigenvalue weighted by atomic mass is 16.7. The topological polar surface area (TPSA) is 101 Å². The van der Waals surface area contributed by atoms with Gasteiger partial charge in [0.1, 0.15) is 11.2 Å². The standard InChI is InChI=1S/C19H16N6O2/c1-2-25-14-5-6-21-8-13(14)24-19(25)17-18(20)22-9-12(23-17)11-3-4-15-16(7-11)27-10-26-15/h3-9H,2,10H2,1H3,(H2,20,22). The number of aryl methyl sites for hydroxylation is 1. The second-order valence-electron chi connectivity index (χ2n) is 6.10. The fourth-order valence-electron chi connectivity index (χ4n) is 3.24. The van der Waals surface area contributed by atoms with E-state index < -0.39 is 0 Å². The van der Waals surface area contributed by atoms with E-state index >= 15 is 0 Å². The van der Waals surface area contributed by atoms with Crippen molar-refractivity contribution in [2.45, 2.75) is 13.5 Å². The van der Waals surface area contributed by atoms with Crippen LogP contribution in [0, 0.1) is 0 Å². The van der Waals surface area contributed by atoms with E-state index in [1.807, 2.05) is 24.3 Å². The maximum absolute atomic E-state index is 6.15. The van der Waals surface area contributed by atoms with Crippen molar-refractivity contribution in [3.05, 3.63) is 42.9 Å². The molecule has 0 aliphatic carbocycles. The predicted octanol–water partition coefficient (Wildman–Crippen LogP) is 2.89. The van der Waals surface area contributed by atoms with Gasteiger partial charge in [0.2, 0.25) is 6.79 Å². The molecule has 5 rings (SSSR count). The predicted molar refractivity (Wildman–Crippen MR) is 100 cm³/mol. The van der Waals surface area contributed by atoms with Gasteiger partial charge in [0.05, 0.1) is 23.6 Å². The largest absolute Gasteiger partial charge is 0.454 e. The van der Waals surface area contributed by atoms with Crippen molar-refractivity contribution in [2.75, 3.05) is 12.5 Å². The Bertz CT molecular complexity index is 1170. The molecule has 0 amide bonds. The van der Waals surface area contributed by atoms with Gasteiger partial charge in [-0.25, -0.2) is 15.0 Å². The number of hydrogen-bond donors (Lipinski definition) is 1. The van der Waals surface area contributed by atoms with Crippen molar-refractivity contribution in [2.24, 2.45) is 0 Å². The van der Waals surface area contributed by atoms with Crippen LogP contribution < -0.4 is 15.2 Å². The Balaban J connectivity index is 1.67. The number of ether oxygens (including phenoxy) is 2. The van der Waals surface area contributed by atoms with Crippen LogP contribution >= 0.6 is 0 Å². The molecule has 0 bridgehead atoms. The molecule has 1 aliphatic rings.